The summed E-state index contributed by atoms with van der Waals surface area (Å²) in [5.41, 5.74) is 1.11. The van der Waals surface area contributed by atoms with Crippen molar-refractivity contribution in [3.8, 4) is 5.75 Å². The summed E-state index contributed by atoms with van der Waals surface area (Å²) in [7, 11) is 1.25. The molecule has 0 spiro atoms. The van der Waals surface area contributed by atoms with Crippen LogP contribution in [0, 0.1) is 6.92 Å². The van der Waals surface area contributed by atoms with Gasteiger partial charge in [-0.2, -0.15) is 0 Å². The lowest BCUT2D eigenvalue weighted by Crippen LogP contribution is -2.16. The molecule has 1 aromatic heterocycles. The normalized spacial score (nSPS) is 11.1. The zero-order valence-corrected chi connectivity index (χ0v) is 13.7. The van der Waals surface area contributed by atoms with E-state index in [9.17, 15) is 8.42 Å². The molecule has 0 fully saturated rings. The Bertz CT molecular complexity index is 758. The van der Waals surface area contributed by atoms with Crippen LogP contribution in [-0.4, -0.2) is 39.6 Å². The molecule has 2 rings (SSSR count). The average molecular weight is 322 g/mol. The maximum Gasteiger partial charge on any atom is 0.265 e. The summed E-state index contributed by atoms with van der Waals surface area (Å²) in [6, 6.07) is 4.96. The highest BCUT2D eigenvalue weighted by Gasteiger charge is 2.20. The first kappa shape index (κ1) is 16.0. The van der Waals surface area contributed by atoms with Crippen molar-refractivity contribution in [2.75, 3.05) is 30.8 Å². The second kappa shape index (κ2) is 6.18. The van der Waals surface area contributed by atoms with Gasteiger partial charge in [0.25, 0.3) is 10.0 Å². The Morgan fingerprint density at radius 2 is 1.82 bits per heavy atom. The van der Waals surface area contributed by atoms with Crippen LogP contribution in [0.15, 0.2) is 35.5 Å². The SMILES string of the molecule is COc1ccc(C)cc1S(=O)(=O)Nc1cnc(N(C)C)nc1. The highest BCUT2D eigenvalue weighted by atomic mass is 32.2. The van der Waals surface area contributed by atoms with Gasteiger partial charge in [-0.25, -0.2) is 18.4 Å². The van der Waals surface area contributed by atoms with Crippen molar-refractivity contribution in [1.82, 2.24) is 9.97 Å². The largest absolute Gasteiger partial charge is 0.495 e. The van der Waals surface area contributed by atoms with Crippen LogP contribution >= 0.6 is 0 Å². The predicted molar refractivity (Wildman–Crippen MR) is 84.9 cm³/mol. The minimum Gasteiger partial charge on any atom is -0.495 e. The highest BCUT2D eigenvalue weighted by Crippen LogP contribution is 2.26. The Labute approximate surface area is 130 Å². The van der Waals surface area contributed by atoms with Crippen LogP contribution in [0.2, 0.25) is 0 Å². The minimum absolute atomic E-state index is 0.0756. The number of hydrogen-bond acceptors (Lipinski definition) is 6. The van der Waals surface area contributed by atoms with Gasteiger partial charge in [-0.15, -0.1) is 0 Å². The van der Waals surface area contributed by atoms with Gasteiger partial charge in [0, 0.05) is 14.1 Å². The lowest BCUT2D eigenvalue weighted by atomic mass is 10.2. The van der Waals surface area contributed by atoms with E-state index in [0.717, 1.165) is 5.56 Å². The van der Waals surface area contributed by atoms with Crippen LogP contribution in [0.3, 0.4) is 0 Å². The van der Waals surface area contributed by atoms with E-state index in [1.165, 1.54) is 19.5 Å². The molecule has 0 saturated carbocycles. The zero-order chi connectivity index (χ0) is 16.3. The number of methoxy groups -OCH3 is 1. The second-order valence-corrected chi connectivity index (χ2v) is 6.58. The molecular weight excluding hydrogens is 304 g/mol. The van der Waals surface area contributed by atoms with Gasteiger partial charge in [0.1, 0.15) is 10.6 Å². The van der Waals surface area contributed by atoms with Gasteiger partial charge in [-0.05, 0) is 24.6 Å². The van der Waals surface area contributed by atoms with Gasteiger partial charge in [-0.3, -0.25) is 4.72 Å². The first-order valence-electron chi connectivity index (χ1n) is 6.50. The molecule has 0 unspecified atom stereocenters. The fourth-order valence-corrected chi connectivity index (χ4v) is 3.09. The molecule has 0 aliphatic heterocycles. The van der Waals surface area contributed by atoms with Gasteiger partial charge >= 0.3 is 0 Å². The van der Waals surface area contributed by atoms with Crippen LogP contribution in [0.4, 0.5) is 11.6 Å². The zero-order valence-electron chi connectivity index (χ0n) is 12.9. The molecule has 7 nitrogen and oxygen atoms in total. The Morgan fingerprint density at radius 3 is 2.36 bits per heavy atom. The quantitative estimate of drug-likeness (QED) is 0.901. The molecule has 22 heavy (non-hydrogen) atoms. The Kier molecular flexibility index (Phi) is 4.51. The molecule has 0 radical (unpaired) electrons. The van der Waals surface area contributed by atoms with E-state index in [-0.39, 0.29) is 16.3 Å². The molecule has 118 valence electrons. The standard InChI is InChI=1S/C14H18N4O3S/c1-10-5-6-12(21-4)13(7-10)22(19,20)17-11-8-15-14(16-9-11)18(2)3/h5-9,17H,1-4H3. The van der Waals surface area contributed by atoms with Crippen LogP contribution < -0.4 is 14.4 Å². The number of aromatic nitrogens is 2. The maximum absolute atomic E-state index is 12.5. The fourth-order valence-electron chi connectivity index (χ4n) is 1.81. The summed E-state index contributed by atoms with van der Waals surface area (Å²) in [4.78, 5) is 9.95. The first-order valence-corrected chi connectivity index (χ1v) is 7.98. The van der Waals surface area contributed by atoms with Crippen LogP contribution in [0.1, 0.15) is 5.56 Å². The number of ether oxygens (including phenoxy) is 1. The summed E-state index contributed by atoms with van der Waals surface area (Å²) in [5.74, 6) is 0.778. The number of rotatable bonds is 5. The van der Waals surface area contributed by atoms with Crippen LogP contribution in [0.25, 0.3) is 0 Å². The van der Waals surface area contributed by atoms with Crippen molar-refractivity contribution in [2.24, 2.45) is 0 Å². The van der Waals surface area contributed by atoms with Gasteiger partial charge in [-0.1, -0.05) is 6.07 Å². The van der Waals surface area contributed by atoms with E-state index < -0.39 is 10.0 Å². The number of anilines is 2. The van der Waals surface area contributed by atoms with E-state index >= 15 is 0 Å². The summed E-state index contributed by atoms with van der Waals surface area (Å²) >= 11 is 0. The lowest BCUT2D eigenvalue weighted by Gasteiger charge is -2.13. The Hall–Kier alpha value is -2.35. The number of hydrogen-bond donors (Lipinski definition) is 1. The number of nitrogens with one attached hydrogen (secondary N) is 1. The van der Waals surface area contributed by atoms with E-state index in [4.69, 9.17) is 4.74 Å². The van der Waals surface area contributed by atoms with E-state index in [0.29, 0.717) is 5.95 Å². The van der Waals surface area contributed by atoms with Gasteiger partial charge < -0.3 is 9.64 Å². The molecule has 1 N–H and O–H groups in total. The number of sulfonamides is 1. The first-order chi connectivity index (χ1) is 10.3. The van der Waals surface area contributed by atoms with E-state index in [2.05, 4.69) is 14.7 Å². The third-order valence-electron chi connectivity index (χ3n) is 2.90. The third-order valence-corrected chi connectivity index (χ3v) is 4.30. The predicted octanol–water partition coefficient (Wildman–Crippen LogP) is 1.66. The molecule has 0 aliphatic carbocycles. The Balaban J connectivity index is 2.33. The van der Waals surface area contributed by atoms with Crippen molar-refractivity contribution >= 4 is 21.7 Å². The minimum atomic E-state index is -3.78. The Morgan fingerprint density at radius 1 is 1.18 bits per heavy atom. The molecule has 0 atom stereocenters. The highest BCUT2D eigenvalue weighted by molar-refractivity contribution is 7.92. The van der Waals surface area contributed by atoms with Crippen LogP contribution in [-0.2, 0) is 10.0 Å². The molecule has 1 aromatic carbocycles. The molecule has 1 heterocycles. The fraction of sp³-hybridized carbons (Fsp3) is 0.286. The van der Waals surface area contributed by atoms with Crippen molar-refractivity contribution in [3.05, 3.63) is 36.2 Å². The summed E-state index contributed by atoms with van der Waals surface area (Å²) < 4.78 is 32.6. The molecule has 0 saturated heterocycles. The summed E-state index contributed by atoms with van der Waals surface area (Å²) in [6.45, 7) is 1.81. The molecule has 0 aliphatic rings. The maximum atomic E-state index is 12.5. The topological polar surface area (TPSA) is 84.4 Å². The molecule has 0 bridgehead atoms. The van der Waals surface area contributed by atoms with Crippen molar-refractivity contribution in [3.63, 3.8) is 0 Å². The van der Waals surface area contributed by atoms with Gasteiger partial charge in [0.05, 0.1) is 25.2 Å². The monoisotopic (exact) mass is 322 g/mol. The molecular formula is C14H18N4O3S. The summed E-state index contributed by atoms with van der Waals surface area (Å²) in [6.07, 6.45) is 2.84. The lowest BCUT2D eigenvalue weighted by molar-refractivity contribution is 0.402. The molecule has 0 amide bonds. The third kappa shape index (κ3) is 3.45. The van der Waals surface area contributed by atoms with Crippen molar-refractivity contribution < 1.29 is 13.2 Å². The second-order valence-electron chi connectivity index (χ2n) is 4.93. The van der Waals surface area contributed by atoms with Crippen molar-refractivity contribution in [1.29, 1.82) is 0 Å². The number of benzene rings is 1. The number of nitrogens with zero attached hydrogens (tertiary/aromatic N) is 3. The number of aryl methyl sites for hydroxylation is 1. The smallest absolute Gasteiger partial charge is 0.265 e. The van der Waals surface area contributed by atoms with Crippen molar-refractivity contribution in [2.45, 2.75) is 11.8 Å². The summed E-state index contributed by atoms with van der Waals surface area (Å²) in [5, 5.41) is 0. The van der Waals surface area contributed by atoms with E-state index in [1.807, 2.05) is 6.92 Å². The average Bonchev–Trinajstić information content (AvgIpc) is 2.47. The van der Waals surface area contributed by atoms with Crippen LogP contribution in [0.5, 0.6) is 5.75 Å². The molecule has 8 heteroatoms. The van der Waals surface area contributed by atoms with Gasteiger partial charge in [0.2, 0.25) is 5.95 Å². The molecule has 2 aromatic rings. The van der Waals surface area contributed by atoms with Gasteiger partial charge in [0.15, 0.2) is 0 Å². The van der Waals surface area contributed by atoms with E-state index in [1.54, 1.807) is 37.2 Å².